The lowest BCUT2D eigenvalue weighted by atomic mass is 9.96. The van der Waals surface area contributed by atoms with Crippen molar-refractivity contribution in [3.8, 4) is 0 Å². The maximum atomic E-state index is 12.4. The molecule has 1 aromatic carbocycles. The number of benzene rings is 1. The third-order valence-corrected chi connectivity index (χ3v) is 4.33. The topological polar surface area (TPSA) is 45.5 Å². The average molecular weight is 298 g/mol. The maximum Gasteiger partial charge on any atom is 0.240 e. The zero-order valence-electron chi connectivity index (χ0n) is 13.1. The zero-order valence-corrected chi connectivity index (χ0v) is 13.1. The largest absolute Gasteiger partial charge is 0.467 e. The van der Waals surface area contributed by atoms with E-state index in [0.29, 0.717) is 12.6 Å². The van der Waals surface area contributed by atoms with Gasteiger partial charge >= 0.3 is 0 Å². The van der Waals surface area contributed by atoms with E-state index in [1.807, 2.05) is 25.1 Å². The second-order valence-electron chi connectivity index (χ2n) is 5.95. The van der Waals surface area contributed by atoms with Gasteiger partial charge in [0.25, 0.3) is 0 Å². The van der Waals surface area contributed by atoms with Gasteiger partial charge in [0.05, 0.1) is 18.8 Å². The number of nitrogens with zero attached hydrogens (tertiary/aromatic N) is 1. The van der Waals surface area contributed by atoms with Gasteiger partial charge in [-0.3, -0.25) is 4.79 Å². The molecule has 0 saturated carbocycles. The molecule has 4 heteroatoms. The van der Waals surface area contributed by atoms with Crippen molar-refractivity contribution in [2.75, 3.05) is 11.4 Å². The number of hydrogen-bond donors (Lipinski definition) is 1. The van der Waals surface area contributed by atoms with Gasteiger partial charge in [0.1, 0.15) is 5.76 Å². The molecule has 2 atom stereocenters. The minimum atomic E-state index is -0.113. The molecule has 0 fully saturated rings. The van der Waals surface area contributed by atoms with Crippen molar-refractivity contribution in [1.29, 1.82) is 0 Å². The second-order valence-corrected chi connectivity index (χ2v) is 5.95. The van der Waals surface area contributed by atoms with Crippen molar-refractivity contribution in [2.24, 2.45) is 0 Å². The summed E-state index contributed by atoms with van der Waals surface area (Å²) < 4.78 is 5.34. The lowest BCUT2D eigenvalue weighted by Gasteiger charge is -2.36. The van der Waals surface area contributed by atoms with Crippen molar-refractivity contribution >= 4 is 11.6 Å². The molecule has 0 radical (unpaired) electrons. The summed E-state index contributed by atoms with van der Waals surface area (Å²) >= 11 is 0. The minimum absolute atomic E-state index is 0.0208. The number of rotatable bonds is 4. The Bertz CT molecular complexity index is 636. The molecule has 116 valence electrons. The van der Waals surface area contributed by atoms with Gasteiger partial charge in [0.2, 0.25) is 5.91 Å². The summed E-state index contributed by atoms with van der Waals surface area (Å²) in [5, 5.41) is 3.01. The molecular formula is C18H22N2O2. The Balaban J connectivity index is 1.68. The number of para-hydroxylation sites is 1. The van der Waals surface area contributed by atoms with Gasteiger partial charge in [-0.25, -0.2) is 0 Å². The molecule has 4 nitrogen and oxygen atoms in total. The van der Waals surface area contributed by atoms with Gasteiger partial charge in [-0.2, -0.15) is 0 Å². The SMILES string of the molecule is C[C@@H]1CCc2ccccc2N1CC(=O)N[C@H](C)c1ccco1. The van der Waals surface area contributed by atoms with Crippen LogP contribution in [0.4, 0.5) is 5.69 Å². The summed E-state index contributed by atoms with van der Waals surface area (Å²) in [5.41, 5.74) is 2.51. The highest BCUT2D eigenvalue weighted by Crippen LogP contribution is 2.30. The van der Waals surface area contributed by atoms with Gasteiger partial charge < -0.3 is 14.6 Å². The van der Waals surface area contributed by atoms with Crippen molar-refractivity contribution in [1.82, 2.24) is 5.32 Å². The number of anilines is 1. The van der Waals surface area contributed by atoms with Crippen molar-refractivity contribution in [3.05, 3.63) is 54.0 Å². The third-order valence-electron chi connectivity index (χ3n) is 4.33. The van der Waals surface area contributed by atoms with E-state index in [2.05, 4.69) is 35.3 Å². The van der Waals surface area contributed by atoms with Crippen LogP contribution in [0.25, 0.3) is 0 Å². The number of hydrogen-bond acceptors (Lipinski definition) is 3. The van der Waals surface area contributed by atoms with Gasteiger partial charge in [-0.1, -0.05) is 18.2 Å². The van der Waals surface area contributed by atoms with Crippen LogP contribution in [0.15, 0.2) is 47.1 Å². The first-order chi connectivity index (χ1) is 10.6. The van der Waals surface area contributed by atoms with Gasteiger partial charge in [0, 0.05) is 11.7 Å². The molecule has 0 unspecified atom stereocenters. The first-order valence-electron chi connectivity index (χ1n) is 7.82. The molecule has 0 aliphatic carbocycles. The van der Waals surface area contributed by atoms with Crippen molar-refractivity contribution < 1.29 is 9.21 Å². The molecule has 1 aliphatic rings. The van der Waals surface area contributed by atoms with Gasteiger partial charge in [-0.05, 0) is 50.5 Å². The highest BCUT2D eigenvalue weighted by Gasteiger charge is 2.25. The number of carbonyl (C=O) groups excluding carboxylic acids is 1. The summed E-state index contributed by atoms with van der Waals surface area (Å²) in [4.78, 5) is 14.6. The van der Waals surface area contributed by atoms with E-state index in [9.17, 15) is 4.79 Å². The lowest BCUT2D eigenvalue weighted by molar-refractivity contribution is -0.120. The normalized spacial score (nSPS) is 18.6. The Labute approximate surface area is 131 Å². The van der Waals surface area contributed by atoms with Crippen LogP contribution in [0.2, 0.25) is 0 Å². The van der Waals surface area contributed by atoms with Gasteiger partial charge in [-0.15, -0.1) is 0 Å². The molecule has 0 saturated heterocycles. The van der Waals surface area contributed by atoms with E-state index >= 15 is 0 Å². The molecule has 2 heterocycles. The van der Waals surface area contributed by atoms with E-state index in [1.54, 1.807) is 6.26 Å². The standard InChI is InChI=1S/C18H22N2O2/c1-13-9-10-15-6-3-4-7-16(15)20(13)12-18(21)19-14(2)17-8-5-11-22-17/h3-8,11,13-14H,9-10,12H2,1-2H3,(H,19,21)/t13-,14-/m1/s1. The summed E-state index contributed by atoms with van der Waals surface area (Å²) in [6, 6.07) is 12.3. The number of fused-ring (bicyclic) bond motifs is 1. The Morgan fingerprint density at radius 1 is 1.36 bits per heavy atom. The molecule has 1 aliphatic heterocycles. The van der Waals surface area contributed by atoms with Crippen molar-refractivity contribution in [2.45, 2.75) is 38.8 Å². The third kappa shape index (κ3) is 3.01. The van der Waals surface area contributed by atoms with Crippen LogP contribution in [0, 0.1) is 0 Å². The van der Waals surface area contributed by atoms with Gasteiger partial charge in [0.15, 0.2) is 0 Å². The summed E-state index contributed by atoms with van der Waals surface area (Å²) in [6.07, 6.45) is 3.79. The van der Waals surface area contributed by atoms with Crippen molar-refractivity contribution in [3.63, 3.8) is 0 Å². The molecule has 0 spiro atoms. The monoisotopic (exact) mass is 298 g/mol. The molecule has 3 rings (SSSR count). The van der Waals surface area contributed by atoms with Crippen LogP contribution in [-0.4, -0.2) is 18.5 Å². The quantitative estimate of drug-likeness (QED) is 0.942. The predicted molar refractivity (Wildman–Crippen MR) is 86.8 cm³/mol. The average Bonchev–Trinajstić information content (AvgIpc) is 3.04. The van der Waals surface area contributed by atoms with E-state index in [0.717, 1.165) is 18.6 Å². The number of carbonyl (C=O) groups is 1. The highest BCUT2D eigenvalue weighted by molar-refractivity contribution is 5.82. The Kier molecular flexibility index (Phi) is 4.18. The smallest absolute Gasteiger partial charge is 0.240 e. The fourth-order valence-electron chi connectivity index (χ4n) is 3.05. The van der Waals surface area contributed by atoms with E-state index < -0.39 is 0 Å². The Morgan fingerprint density at radius 3 is 2.95 bits per heavy atom. The molecule has 1 N–H and O–H groups in total. The number of aryl methyl sites for hydroxylation is 1. The second kappa shape index (κ2) is 6.26. The summed E-state index contributed by atoms with van der Waals surface area (Å²) in [6.45, 7) is 4.49. The fraction of sp³-hybridized carbons (Fsp3) is 0.389. The van der Waals surface area contributed by atoms with Crippen LogP contribution < -0.4 is 10.2 Å². The summed E-state index contributed by atoms with van der Waals surface area (Å²) in [7, 11) is 0. The number of nitrogens with one attached hydrogen (secondary N) is 1. The van der Waals surface area contributed by atoms with Crippen LogP contribution >= 0.6 is 0 Å². The summed E-state index contributed by atoms with van der Waals surface area (Å²) in [5.74, 6) is 0.799. The molecule has 22 heavy (non-hydrogen) atoms. The highest BCUT2D eigenvalue weighted by atomic mass is 16.3. The van der Waals surface area contributed by atoms with Crippen LogP contribution in [0.5, 0.6) is 0 Å². The number of amides is 1. The van der Waals surface area contributed by atoms with E-state index in [4.69, 9.17) is 4.42 Å². The molecule has 0 bridgehead atoms. The maximum absolute atomic E-state index is 12.4. The fourth-order valence-corrected chi connectivity index (χ4v) is 3.05. The lowest BCUT2D eigenvalue weighted by Crippen LogP contribution is -2.44. The molecular weight excluding hydrogens is 276 g/mol. The number of furan rings is 1. The van der Waals surface area contributed by atoms with Crippen LogP contribution in [-0.2, 0) is 11.2 Å². The van der Waals surface area contributed by atoms with Crippen LogP contribution in [0.3, 0.4) is 0 Å². The Hall–Kier alpha value is -2.23. The molecule has 1 aromatic heterocycles. The minimum Gasteiger partial charge on any atom is -0.467 e. The first-order valence-corrected chi connectivity index (χ1v) is 7.82. The predicted octanol–water partition coefficient (Wildman–Crippen LogP) is 3.30. The van der Waals surface area contributed by atoms with Crippen LogP contribution in [0.1, 0.15) is 37.6 Å². The van der Waals surface area contributed by atoms with E-state index in [1.165, 1.54) is 11.3 Å². The first kappa shape index (κ1) is 14.7. The molecule has 2 aromatic rings. The zero-order chi connectivity index (χ0) is 15.5. The van der Waals surface area contributed by atoms with E-state index in [-0.39, 0.29) is 11.9 Å². The molecule has 1 amide bonds. The Morgan fingerprint density at radius 2 is 2.18 bits per heavy atom.